The Balaban J connectivity index is 1.90. The van der Waals surface area contributed by atoms with Gasteiger partial charge in [-0.05, 0) is 37.1 Å². The number of ether oxygens (including phenoxy) is 1. The third-order valence-electron chi connectivity index (χ3n) is 3.41. The fourth-order valence-corrected chi connectivity index (χ4v) is 2.98. The van der Waals surface area contributed by atoms with E-state index in [0.29, 0.717) is 29.6 Å². The lowest BCUT2D eigenvalue weighted by Crippen LogP contribution is -2.36. The van der Waals surface area contributed by atoms with Gasteiger partial charge in [0.05, 0.1) is 25.3 Å². The molecule has 7 heteroatoms. The van der Waals surface area contributed by atoms with Crippen LogP contribution in [0.5, 0.6) is 0 Å². The Morgan fingerprint density at radius 3 is 2.91 bits per heavy atom. The molecule has 0 saturated heterocycles. The number of nitrogens with one attached hydrogen (secondary N) is 1. The molecule has 0 unspecified atom stereocenters. The van der Waals surface area contributed by atoms with Gasteiger partial charge >= 0.3 is 5.97 Å². The highest BCUT2D eigenvalue weighted by molar-refractivity contribution is 7.14. The van der Waals surface area contributed by atoms with E-state index in [9.17, 15) is 9.59 Å². The number of thiophene rings is 1. The molecule has 0 aromatic carbocycles. The molecule has 1 aromatic heterocycles. The second-order valence-electron chi connectivity index (χ2n) is 5.33. The van der Waals surface area contributed by atoms with E-state index in [0.717, 1.165) is 6.54 Å². The molecular weight excluding hydrogens is 304 g/mol. The molecule has 1 aliphatic rings. The van der Waals surface area contributed by atoms with E-state index >= 15 is 0 Å². The number of carbonyl (C=O) groups is 2. The highest BCUT2D eigenvalue weighted by Crippen LogP contribution is 2.29. The SMILES string of the molecule is CCOC(=O)c1ccsc1NC(=O)CN(CCO)CC1CC1. The number of carbonyl (C=O) groups excluding carboxylic acids is 2. The zero-order chi connectivity index (χ0) is 15.9. The minimum Gasteiger partial charge on any atom is -0.462 e. The summed E-state index contributed by atoms with van der Waals surface area (Å²) >= 11 is 1.30. The summed E-state index contributed by atoms with van der Waals surface area (Å²) < 4.78 is 4.96. The van der Waals surface area contributed by atoms with Crippen molar-refractivity contribution in [2.45, 2.75) is 19.8 Å². The van der Waals surface area contributed by atoms with Gasteiger partial charge in [-0.25, -0.2) is 4.79 Å². The summed E-state index contributed by atoms with van der Waals surface area (Å²) in [7, 11) is 0. The van der Waals surface area contributed by atoms with Crippen LogP contribution < -0.4 is 5.32 Å². The first-order chi connectivity index (χ1) is 10.6. The first-order valence-electron chi connectivity index (χ1n) is 7.51. The van der Waals surface area contributed by atoms with Gasteiger partial charge in [0.15, 0.2) is 0 Å². The van der Waals surface area contributed by atoms with Crippen molar-refractivity contribution in [2.24, 2.45) is 5.92 Å². The summed E-state index contributed by atoms with van der Waals surface area (Å²) in [5, 5.41) is 14.1. The molecule has 2 N–H and O–H groups in total. The predicted molar refractivity (Wildman–Crippen MR) is 85.2 cm³/mol. The fourth-order valence-electron chi connectivity index (χ4n) is 2.19. The average Bonchev–Trinajstić information content (AvgIpc) is 3.15. The minimum absolute atomic E-state index is 0.0348. The number of nitrogens with zero attached hydrogens (tertiary/aromatic N) is 1. The number of hydrogen-bond donors (Lipinski definition) is 2. The van der Waals surface area contributed by atoms with E-state index in [1.54, 1.807) is 18.4 Å². The van der Waals surface area contributed by atoms with E-state index < -0.39 is 5.97 Å². The molecule has 0 radical (unpaired) electrons. The average molecular weight is 326 g/mol. The summed E-state index contributed by atoms with van der Waals surface area (Å²) in [6, 6.07) is 1.65. The van der Waals surface area contributed by atoms with Gasteiger partial charge in [-0.3, -0.25) is 9.69 Å². The lowest BCUT2D eigenvalue weighted by Gasteiger charge is -2.20. The maximum atomic E-state index is 12.2. The van der Waals surface area contributed by atoms with Crippen LogP contribution in [0.2, 0.25) is 0 Å². The molecule has 6 nitrogen and oxygen atoms in total. The van der Waals surface area contributed by atoms with Gasteiger partial charge in [-0.1, -0.05) is 0 Å². The molecule has 1 fully saturated rings. The number of rotatable bonds is 9. The summed E-state index contributed by atoms with van der Waals surface area (Å²) in [6.45, 7) is 3.62. The first kappa shape index (κ1) is 16.9. The Kier molecular flexibility index (Phi) is 6.35. The Labute approximate surface area is 134 Å². The molecule has 22 heavy (non-hydrogen) atoms. The summed E-state index contributed by atoms with van der Waals surface area (Å²) in [5.41, 5.74) is 0.385. The largest absolute Gasteiger partial charge is 0.462 e. The van der Waals surface area contributed by atoms with Crippen LogP contribution in [0.3, 0.4) is 0 Å². The van der Waals surface area contributed by atoms with E-state index in [-0.39, 0.29) is 19.1 Å². The predicted octanol–water partition coefficient (Wildman–Crippen LogP) is 1.57. The number of aliphatic hydroxyl groups excluding tert-OH is 1. The highest BCUT2D eigenvalue weighted by Gasteiger charge is 2.25. The number of anilines is 1. The molecule has 0 atom stereocenters. The third kappa shape index (κ3) is 5.08. The Morgan fingerprint density at radius 1 is 1.50 bits per heavy atom. The Hall–Kier alpha value is -1.44. The maximum absolute atomic E-state index is 12.2. The molecule has 1 heterocycles. The van der Waals surface area contributed by atoms with E-state index in [1.165, 1.54) is 24.2 Å². The van der Waals surface area contributed by atoms with Crippen LogP contribution in [-0.2, 0) is 9.53 Å². The third-order valence-corrected chi connectivity index (χ3v) is 4.24. The molecule has 0 spiro atoms. The van der Waals surface area contributed by atoms with Crippen LogP contribution in [0, 0.1) is 5.92 Å². The van der Waals surface area contributed by atoms with E-state index in [1.807, 2.05) is 4.90 Å². The van der Waals surface area contributed by atoms with Crippen molar-refractivity contribution >= 4 is 28.2 Å². The van der Waals surface area contributed by atoms with Gasteiger partial charge in [0, 0.05) is 13.1 Å². The van der Waals surface area contributed by atoms with E-state index in [4.69, 9.17) is 9.84 Å². The van der Waals surface area contributed by atoms with Gasteiger partial charge in [-0.2, -0.15) is 0 Å². The quantitative estimate of drug-likeness (QED) is 0.674. The van der Waals surface area contributed by atoms with Gasteiger partial charge < -0.3 is 15.2 Å². The lowest BCUT2D eigenvalue weighted by molar-refractivity contribution is -0.117. The summed E-state index contributed by atoms with van der Waals surface area (Å²) in [5.74, 6) is 0.0440. The number of aliphatic hydroxyl groups is 1. The highest BCUT2D eigenvalue weighted by atomic mass is 32.1. The molecule has 1 amide bonds. The van der Waals surface area contributed by atoms with E-state index in [2.05, 4.69) is 5.32 Å². The van der Waals surface area contributed by atoms with Crippen molar-refractivity contribution in [3.63, 3.8) is 0 Å². The smallest absolute Gasteiger partial charge is 0.341 e. The van der Waals surface area contributed by atoms with Gasteiger partial charge in [-0.15, -0.1) is 11.3 Å². The summed E-state index contributed by atoms with van der Waals surface area (Å²) in [4.78, 5) is 25.9. The van der Waals surface area contributed by atoms with Crippen molar-refractivity contribution < 1.29 is 19.4 Å². The van der Waals surface area contributed by atoms with Crippen molar-refractivity contribution in [3.05, 3.63) is 17.0 Å². The molecule has 1 saturated carbocycles. The standard InChI is InChI=1S/C15H22N2O4S/c1-2-21-15(20)12-5-8-22-14(12)16-13(19)10-17(6-7-18)9-11-3-4-11/h5,8,11,18H,2-4,6-7,9-10H2,1H3,(H,16,19). The van der Waals surface area contributed by atoms with Gasteiger partial charge in [0.1, 0.15) is 5.00 Å². The van der Waals surface area contributed by atoms with Crippen LogP contribution in [0.25, 0.3) is 0 Å². The Morgan fingerprint density at radius 2 is 2.27 bits per heavy atom. The minimum atomic E-state index is -0.427. The zero-order valence-corrected chi connectivity index (χ0v) is 13.5. The lowest BCUT2D eigenvalue weighted by atomic mass is 10.3. The Bertz CT molecular complexity index is 513. The molecule has 1 aromatic rings. The molecule has 2 rings (SSSR count). The molecular formula is C15H22N2O4S. The van der Waals surface area contributed by atoms with Crippen molar-refractivity contribution in [3.8, 4) is 0 Å². The van der Waals surface area contributed by atoms with Crippen LogP contribution in [0.15, 0.2) is 11.4 Å². The van der Waals surface area contributed by atoms with Crippen molar-refractivity contribution in [2.75, 3.05) is 38.2 Å². The fraction of sp³-hybridized carbons (Fsp3) is 0.600. The monoisotopic (exact) mass is 326 g/mol. The molecule has 122 valence electrons. The first-order valence-corrected chi connectivity index (χ1v) is 8.39. The van der Waals surface area contributed by atoms with Crippen LogP contribution in [0.4, 0.5) is 5.00 Å². The molecule has 0 bridgehead atoms. The second kappa shape index (κ2) is 8.26. The summed E-state index contributed by atoms with van der Waals surface area (Å²) in [6.07, 6.45) is 2.39. The number of esters is 1. The normalized spacial score (nSPS) is 14.1. The molecule has 0 aliphatic heterocycles. The van der Waals surface area contributed by atoms with Crippen LogP contribution in [0.1, 0.15) is 30.1 Å². The number of hydrogen-bond acceptors (Lipinski definition) is 6. The molecule has 1 aliphatic carbocycles. The second-order valence-corrected chi connectivity index (χ2v) is 6.25. The van der Waals surface area contributed by atoms with Crippen LogP contribution >= 0.6 is 11.3 Å². The van der Waals surface area contributed by atoms with Crippen LogP contribution in [-0.4, -0.2) is 54.7 Å². The number of amides is 1. The van der Waals surface area contributed by atoms with Crippen molar-refractivity contribution in [1.82, 2.24) is 4.90 Å². The topological polar surface area (TPSA) is 78.9 Å². The zero-order valence-electron chi connectivity index (χ0n) is 12.7. The van der Waals surface area contributed by atoms with Gasteiger partial charge in [0.2, 0.25) is 5.91 Å². The van der Waals surface area contributed by atoms with Gasteiger partial charge in [0.25, 0.3) is 0 Å². The maximum Gasteiger partial charge on any atom is 0.341 e. The van der Waals surface area contributed by atoms with Crippen molar-refractivity contribution in [1.29, 1.82) is 0 Å².